The second-order valence-corrected chi connectivity index (χ2v) is 8.33. The quantitative estimate of drug-likeness (QED) is 0.114. The van der Waals surface area contributed by atoms with Gasteiger partial charge in [0.1, 0.15) is 73.2 Å². The van der Waals surface area contributed by atoms with Crippen molar-refractivity contribution < 1.29 is 75.1 Å². The molecule has 0 bridgehead atoms. The normalized spacial score (nSPS) is 42.1. The second-order valence-electron chi connectivity index (χ2n) is 8.33. The van der Waals surface area contributed by atoms with E-state index in [1.165, 1.54) is 7.05 Å². The second kappa shape index (κ2) is 13.6. The van der Waals surface area contributed by atoms with Crippen LogP contribution in [-0.4, -0.2) is 175 Å². The lowest BCUT2D eigenvalue weighted by Crippen LogP contribution is -2.62. The Hall–Kier alpha value is -0.930. The number of ether oxygens (including phenoxy) is 4. The molecule has 35 heavy (non-hydrogen) atoms. The van der Waals surface area contributed by atoms with Crippen LogP contribution in [0.15, 0.2) is 4.99 Å². The van der Waals surface area contributed by atoms with Crippen LogP contribution in [0, 0.1) is 0 Å². The average Bonchev–Trinajstić information content (AvgIpc) is 2.84. The fraction of sp³-hybridized carbons (Fsp3) is 0.947. The van der Waals surface area contributed by atoms with Crippen molar-refractivity contribution in [2.24, 2.45) is 4.99 Å². The van der Waals surface area contributed by atoms with Crippen molar-refractivity contribution in [3.05, 3.63) is 0 Å². The standard InChI is InChI=1S/C19H35NO15/c1-20-2-6(22)10(24)11(25)7(23)4-32-18-17(31)15(29)13(27)9(35-18)5-33-19-16(30)14(28)12(26)8(3-21)34-19/h2,6-19,21-31H,3-5H2,1H3/b20-2-/t6?,7?,8-,9?,10-,11-,12-,13-,14+,15+,16-,17-,18-,19-/m1/s1. The van der Waals surface area contributed by atoms with Crippen molar-refractivity contribution in [3.63, 3.8) is 0 Å². The minimum Gasteiger partial charge on any atom is -0.394 e. The third-order valence-electron chi connectivity index (χ3n) is 5.77. The number of aliphatic hydroxyl groups is 11. The zero-order chi connectivity index (χ0) is 26.4. The van der Waals surface area contributed by atoms with Crippen LogP contribution < -0.4 is 0 Å². The fourth-order valence-corrected chi connectivity index (χ4v) is 3.55. The highest BCUT2D eigenvalue weighted by Crippen LogP contribution is 2.26. The van der Waals surface area contributed by atoms with E-state index in [9.17, 15) is 56.2 Å². The van der Waals surface area contributed by atoms with Crippen molar-refractivity contribution in [2.45, 2.75) is 85.8 Å². The molecule has 0 amide bonds. The molecular formula is C19H35NO15. The summed E-state index contributed by atoms with van der Waals surface area (Å²) in [4.78, 5) is 3.49. The molecule has 2 aliphatic rings. The predicted octanol–water partition coefficient (Wildman–Crippen LogP) is -7.23. The van der Waals surface area contributed by atoms with Crippen LogP contribution in [0.25, 0.3) is 0 Å². The summed E-state index contributed by atoms with van der Waals surface area (Å²) in [5.41, 5.74) is 0. The summed E-state index contributed by atoms with van der Waals surface area (Å²) in [5, 5.41) is 109. The third kappa shape index (κ3) is 7.31. The first-order valence-corrected chi connectivity index (χ1v) is 10.8. The molecule has 0 saturated carbocycles. The Morgan fingerprint density at radius 1 is 0.743 bits per heavy atom. The molecule has 0 aromatic carbocycles. The van der Waals surface area contributed by atoms with Gasteiger partial charge in [-0.3, -0.25) is 4.99 Å². The minimum absolute atomic E-state index is 0.583. The Bertz CT molecular complexity index is 656. The Labute approximate surface area is 199 Å². The van der Waals surface area contributed by atoms with Gasteiger partial charge in [-0.1, -0.05) is 0 Å². The summed E-state index contributed by atoms with van der Waals surface area (Å²) in [7, 11) is 1.32. The average molecular weight is 517 g/mol. The van der Waals surface area contributed by atoms with Crippen molar-refractivity contribution in [1.29, 1.82) is 0 Å². The van der Waals surface area contributed by atoms with E-state index in [0.29, 0.717) is 0 Å². The van der Waals surface area contributed by atoms with Crippen LogP contribution in [-0.2, 0) is 18.9 Å². The van der Waals surface area contributed by atoms with Crippen molar-refractivity contribution in [2.75, 3.05) is 26.9 Å². The molecule has 0 spiro atoms. The Morgan fingerprint density at radius 2 is 1.26 bits per heavy atom. The number of rotatable bonds is 11. The highest BCUT2D eigenvalue weighted by molar-refractivity contribution is 5.63. The summed E-state index contributed by atoms with van der Waals surface area (Å²) in [5.74, 6) is 0. The number of aliphatic imine (C=N–C) groups is 1. The fourth-order valence-electron chi connectivity index (χ4n) is 3.55. The molecule has 3 unspecified atom stereocenters. The van der Waals surface area contributed by atoms with Crippen LogP contribution in [0.2, 0.25) is 0 Å². The molecule has 0 aromatic heterocycles. The molecule has 2 rings (SSSR count). The van der Waals surface area contributed by atoms with E-state index < -0.39 is 106 Å². The van der Waals surface area contributed by atoms with Crippen LogP contribution in [0.4, 0.5) is 0 Å². The van der Waals surface area contributed by atoms with Gasteiger partial charge in [0.15, 0.2) is 12.6 Å². The number of hydrogen-bond acceptors (Lipinski definition) is 16. The maximum Gasteiger partial charge on any atom is 0.186 e. The van der Waals surface area contributed by atoms with Crippen molar-refractivity contribution in [3.8, 4) is 0 Å². The molecule has 0 aromatic rings. The zero-order valence-electron chi connectivity index (χ0n) is 18.8. The van der Waals surface area contributed by atoms with E-state index in [2.05, 4.69) is 4.99 Å². The Kier molecular flexibility index (Phi) is 11.7. The lowest BCUT2D eigenvalue weighted by atomic mass is 9.98. The van der Waals surface area contributed by atoms with Gasteiger partial charge in [-0.2, -0.15) is 0 Å². The largest absolute Gasteiger partial charge is 0.394 e. The van der Waals surface area contributed by atoms with Gasteiger partial charge in [0.25, 0.3) is 0 Å². The Balaban J connectivity index is 1.95. The van der Waals surface area contributed by atoms with Gasteiger partial charge in [0, 0.05) is 13.3 Å². The maximum atomic E-state index is 10.2. The topological polar surface area (TPSA) is 272 Å². The molecule has 16 heteroatoms. The van der Waals surface area contributed by atoms with Crippen molar-refractivity contribution >= 4 is 6.21 Å². The molecule has 11 N–H and O–H groups in total. The van der Waals surface area contributed by atoms with E-state index in [0.717, 1.165) is 6.21 Å². The molecule has 2 aliphatic heterocycles. The van der Waals surface area contributed by atoms with Crippen LogP contribution >= 0.6 is 0 Å². The van der Waals surface area contributed by atoms with Gasteiger partial charge in [-0.15, -0.1) is 0 Å². The van der Waals surface area contributed by atoms with Crippen LogP contribution in [0.1, 0.15) is 0 Å². The van der Waals surface area contributed by atoms with Crippen LogP contribution in [0.5, 0.6) is 0 Å². The monoisotopic (exact) mass is 517 g/mol. The van der Waals surface area contributed by atoms with E-state index in [1.807, 2.05) is 0 Å². The van der Waals surface area contributed by atoms with Gasteiger partial charge in [0.2, 0.25) is 0 Å². The summed E-state index contributed by atoms with van der Waals surface area (Å²) in [6, 6.07) is 0. The first kappa shape index (κ1) is 30.3. The van der Waals surface area contributed by atoms with Gasteiger partial charge < -0.3 is 75.1 Å². The van der Waals surface area contributed by atoms with E-state index in [4.69, 9.17) is 18.9 Å². The zero-order valence-corrected chi connectivity index (χ0v) is 18.8. The number of aliphatic hydroxyl groups excluding tert-OH is 11. The minimum atomic E-state index is -1.88. The van der Waals surface area contributed by atoms with Gasteiger partial charge >= 0.3 is 0 Å². The van der Waals surface area contributed by atoms with Crippen molar-refractivity contribution in [1.82, 2.24) is 0 Å². The molecular weight excluding hydrogens is 482 g/mol. The van der Waals surface area contributed by atoms with E-state index >= 15 is 0 Å². The first-order valence-electron chi connectivity index (χ1n) is 10.8. The molecule has 2 saturated heterocycles. The lowest BCUT2D eigenvalue weighted by Gasteiger charge is -2.42. The van der Waals surface area contributed by atoms with E-state index in [-0.39, 0.29) is 0 Å². The summed E-state index contributed by atoms with van der Waals surface area (Å²) < 4.78 is 21.0. The SMILES string of the molecule is C/N=C\C(O)[C@@H](O)[C@H](O)C(O)CO[C@@H]1OC(CO[C@@H]2O[C@H](CO)[C@@H](O)[C@H](O)[C@H]2O)[C@@H](O)[C@H](O)[C@H]1O. The highest BCUT2D eigenvalue weighted by Gasteiger charge is 2.47. The summed E-state index contributed by atoms with van der Waals surface area (Å²) >= 11 is 0. The molecule has 206 valence electrons. The smallest absolute Gasteiger partial charge is 0.186 e. The van der Waals surface area contributed by atoms with Gasteiger partial charge in [0.05, 0.1) is 19.8 Å². The number of nitrogens with zero attached hydrogens (tertiary/aromatic N) is 1. The lowest BCUT2D eigenvalue weighted by molar-refractivity contribution is -0.333. The summed E-state index contributed by atoms with van der Waals surface area (Å²) in [6.45, 7) is -2.02. The predicted molar refractivity (Wildman–Crippen MR) is 111 cm³/mol. The van der Waals surface area contributed by atoms with E-state index in [1.54, 1.807) is 0 Å². The molecule has 0 aliphatic carbocycles. The third-order valence-corrected chi connectivity index (χ3v) is 5.77. The highest BCUT2D eigenvalue weighted by atomic mass is 16.7. The molecule has 16 nitrogen and oxygen atoms in total. The Morgan fingerprint density at radius 3 is 1.80 bits per heavy atom. The molecule has 14 atom stereocenters. The van der Waals surface area contributed by atoms with Gasteiger partial charge in [-0.05, 0) is 0 Å². The molecule has 0 radical (unpaired) electrons. The first-order chi connectivity index (χ1) is 16.4. The number of hydrogen-bond donors (Lipinski definition) is 11. The van der Waals surface area contributed by atoms with Gasteiger partial charge in [-0.25, -0.2) is 0 Å². The molecule has 2 fully saturated rings. The molecule has 2 heterocycles. The van der Waals surface area contributed by atoms with Crippen LogP contribution in [0.3, 0.4) is 0 Å². The maximum absolute atomic E-state index is 10.2. The summed E-state index contributed by atoms with van der Waals surface area (Å²) in [6.07, 6.45) is -22.3.